The highest BCUT2D eigenvalue weighted by molar-refractivity contribution is 4.96. The molecule has 0 saturated carbocycles. The minimum Gasteiger partial charge on any atom is -0.394 e. The number of aliphatic hydroxyl groups excluding tert-OH is 1. The van der Waals surface area contributed by atoms with Gasteiger partial charge in [0.25, 0.3) is 0 Å². The highest BCUT2D eigenvalue weighted by Crippen LogP contribution is 2.42. The van der Waals surface area contributed by atoms with Crippen molar-refractivity contribution in [1.82, 2.24) is 0 Å². The van der Waals surface area contributed by atoms with Gasteiger partial charge in [0.05, 0.1) is 6.61 Å². The summed E-state index contributed by atoms with van der Waals surface area (Å²) in [6, 6.07) is 0. The number of ether oxygens (including phenoxy) is 4. The first kappa shape index (κ1) is 12.3. The van der Waals surface area contributed by atoms with Crippen molar-refractivity contribution < 1.29 is 24.1 Å². The molecule has 0 amide bonds. The van der Waals surface area contributed by atoms with Crippen LogP contribution in [0.3, 0.4) is 0 Å². The molecule has 0 bridgehead atoms. The van der Waals surface area contributed by atoms with E-state index < -0.39 is 12.1 Å². The number of methoxy groups -OCH3 is 1. The summed E-state index contributed by atoms with van der Waals surface area (Å²) in [7, 11) is 1.57. The molecule has 2 unspecified atom stereocenters. The van der Waals surface area contributed by atoms with Gasteiger partial charge in [0.1, 0.15) is 18.3 Å². The maximum absolute atomic E-state index is 9.23. The van der Waals surface area contributed by atoms with Crippen molar-refractivity contribution in [2.75, 3.05) is 13.7 Å². The molecule has 0 spiro atoms. The lowest BCUT2D eigenvalue weighted by Gasteiger charge is -2.28. The molecule has 0 radical (unpaired) electrons. The highest BCUT2D eigenvalue weighted by Gasteiger charge is 2.57. The minimum absolute atomic E-state index is 0.0755. The molecule has 2 fully saturated rings. The molecule has 1 N–H and O–H groups in total. The molecule has 5 nitrogen and oxygen atoms in total. The zero-order chi connectivity index (χ0) is 11.8. The maximum atomic E-state index is 9.23. The van der Waals surface area contributed by atoms with Crippen molar-refractivity contribution in [2.24, 2.45) is 0 Å². The molecule has 2 rings (SSSR count). The second kappa shape index (κ2) is 4.58. The van der Waals surface area contributed by atoms with Gasteiger partial charge in [-0.25, -0.2) is 0 Å². The van der Waals surface area contributed by atoms with Gasteiger partial charge in [-0.1, -0.05) is 13.8 Å². The van der Waals surface area contributed by atoms with Crippen LogP contribution < -0.4 is 0 Å². The number of fused-ring (bicyclic) bond motifs is 1. The second-order valence-electron chi connectivity index (χ2n) is 4.24. The van der Waals surface area contributed by atoms with E-state index in [-0.39, 0.29) is 24.9 Å². The van der Waals surface area contributed by atoms with Gasteiger partial charge < -0.3 is 24.1 Å². The third kappa shape index (κ3) is 1.76. The molecule has 0 aliphatic carbocycles. The summed E-state index contributed by atoms with van der Waals surface area (Å²) in [6.45, 7) is 3.98. The lowest BCUT2D eigenvalue weighted by atomic mass is 10.1. The van der Waals surface area contributed by atoms with E-state index in [2.05, 4.69) is 0 Å². The van der Waals surface area contributed by atoms with Gasteiger partial charge in [0, 0.05) is 7.11 Å². The third-order valence-electron chi connectivity index (χ3n) is 3.46. The lowest BCUT2D eigenvalue weighted by molar-refractivity contribution is -0.246. The molecule has 5 heteroatoms. The number of rotatable bonds is 4. The third-order valence-corrected chi connectivity index (χ3v) is 3.46. The zero-order valence-corrected chi connectivity index (χ0v) is 10.0. The molecular weight excluding hydrogens is 212 g/mol. The summed E-state index contributed by atoms with van der Waals surface area (Å²) in [5.41, 5.74) is 0. The summed E-state index contributed by atoms with van der Waals surface area (Å²) in [4.78, 5) is 0. The number of hydrogen-bond donors (Lipinski definition) is 1. The largest absolute Gasteiger partial charge is 0.394 e. The SMILES string of the molecule is CCC1(CC)OC2C(OC)O[C@H](CO)[C@H]2O1. The van der Waals surface area contributed by atoms with Crippen LogP contribution in [-0.2, 0) is 18.9 Å². The van der Waals surface area contributed by atoms with Crippen LogP contribution in [0.2, 0.25) is 0 Å². The first-order valence-corrected chi connectivity index (χ1v) is 5.84. The van der Waals surface area contributed by atoms with Gasteiger partial charge in [0.15, 0.2) is 12.1 Å². The zero-order valence-electron chi connectivity index (χ0n) is 10.0. The van der Waals surface area contributed by atoms with Crippen molar-refractivity contribution in [3.05, 3.63) is 0 Å². The van der Waals surface area contributed by atoms with Crippen LogP contribution in [-0.4, -0.2) is 49.2 Å². The van der Waals surface area contributed by atoms with E-state index >= 15 is 0 Å². The van der Waals surface area contributed by atoms with E-state index in [0.29, 0.717) is 0 Å². The van der Waals surface area contributed by atoms with Crippen LogP contribution in [0.4, 0.5) is 0 Å². The van der Waals surface area contributed by atoms with Crippen LogP contribution in [0, 0.1) is 0 Å². The first-order chi connectivity index (χ1) is 7.69. The van der Waals surface area contributed by atoms with E-state index in [9.17, 15) is 5.11 Å². The summed E-state index contributed by atoms with van der Waals surface area (Å²) in [6.07, 6.45) is 0.310. The Hall–Kier alpha value is -0.200. The van der Waals surface area contributed by atoms with Crippen LogP contribution in [0.15, 0.2) is 0 Å². The molecule has 0 aromatic heterocycles. The summed E-state index contributed by atoms with van der Waals surface area (Å²) < 4.78 is 22.5. The quantitative estimate of drug-likeness (QED) is 0.771. The van der Waals surface area contributed by atoms with Gasteiger partial charge in [-0.3, -0.25) is 0 Å². The fourth-order valence-electron chi connectivity index (χ4n) is 2.40. The predicted molar refractivity (Wildman–Crippen MR) is 55.8 cm³/mol. The molecule has 2 saturated heterocycles. The summed E-state index contributed by atoms with van der Waals surface area (Å²) in [5.74, 6) is -0.538. The van der Waals surface area contributed by atoms with Crippen molar-refractivity contribution in [1.29, 1.82) is 0 Å². The fourth-order valence-corrected chi connectivity index (χ4v) is 2.40. The molecule has 2 aliphatic rings. The fraction of sp³-hybridized carbons (Fsp3) is 1.00. The van der Waals surface area contributed by atoms with Crippen molar-refractivity contribution in [2.45, 2.75) is 57.1 Å². The van der Waals surface area contributed by atoms with Crippen molar-refractivity contribution >= 4 is 0 Å². The van der Waals surface area contributed by atoms with Crippen LogP contribution in [0.5, 0.6) is 0 Å². The maximum Gasteiger partial charge on any atom is 0.186 e. The van der Waals surface area contributed by atoms with Crippen molar-refractivity contribution in [3.63, 3.8) is 0 Å². The minimum atomic E-state index is -0.538. The Bertz CT molecular complexity index is 221. The van der Waals surface area contributed by atoms with Gasteiger partial charge in [-0.05, 0) is 12.8 Å². The molecule has 2 aliphatic heterocycles. The Kier molecular flexibility index (Phi) is 3.51. The monoisotopic (exact) mass is 232 g/mol. The van der Waals surface area contributed by atoms with E-state index in [1.54, 1.807) is 7.11 Å². The van der Waals surface area contributed by atoms with E-state index in [4.69, 9.17) is 18.9 Å². The standard InChI is InChI=1S/C11H20O5/c1-4-11(5-2)15-8-7(6-12)14-10(13-3)9(8)16-11/h7-10,12H,4-6H2,1-3H3/t7-,8-,9?,10?/m1/s1. The molecular formula is C11H20O5. The van der Waals surface area contributed by atoms with Crippen LogP contribution in [0.25, 0.3) is 0 Å². The Morgan fingerprint density at radius 1 is 1.19 bits per heavy atom. The molecule has 16 heavy (non-hydrogen) atoms. The van der Waals surface area contributed by atoms with E-state index in [0.717, 1.165) is 12.8 Å². The summed E-state index contributed by atoms with van der Waals surface area (Å²) in [5, 5.41) is 9.23. The Morgan fingerprint density at radius 2 is 1.81 bits per heavy atom. The van der Waals surface area contributed by atoms with Gasteiger partial charge in [-0.15, -0.1) is 0 Å². The number of hydrogen-bond acceptors (Lipinski definition) is 5. The van der Waals surface area contributed by atoms with Gasteiger partial charge >= 0.3 is 0 Å². The highest BCUT2D eigenvalue weighted by atomic mass is 16.8. The predicted octanol–water partition coefficient (Wildman–Crippen LogP) is 0.650. The van der Waals surface area contributed by atoms with E-state index in [1.165, 1.54) is 0 Å². The second-order valence-corrected chi connectivity index (χ2v) is 4.24. The first-order valence-electron chi connectivity index (χ1n) is 5.84. The normalized spacial score (nSPS) is 41.2. The molecule has 0 aromatic carbocycles. The average Bonchev–Trinajstić information content (AvgIpc) is 2.84. The van der Waals surface area contributed by atoms with Crippen LogP contribution >= 0.6 is 0 Å². The van der Waals surface area contributed by atoms with Gasteiger partial charge in [-0.2, -0.15) is 0 Å². The summed E-state index contributed by atoms with van der Waals surface area (Å²) >= 11 is 0. The van der Waals surface area contributed by atoms with Crippen LogP contribution in [0.1, 0.15) is 26.7 Å². The molecule has 0 aromatic rings. The average molecular weight is 232 g/mol. The lowest BCUT2D eigenvalue weighted by Crippen LogP contribution is -2.35. The molecule has 4 atom stereocenters. The van der Waals surface area contributed by atoms with Crippen molar-refractivity contribution in [3.8, 4) is 0 Å². The Morgan fingerprint density at radius 3 is 2.31 bits per heavy atom. The topological polar surface area (TPSA) is 57.2 Å². The molecule has 94 valence electrons. The van der Waals surface area contributed by atoms with Gasteiger partial charge in [0.2, 0.25) is 0 Å². The Balaban J connectivity index is 2.14. The number of aliphatic hydroxyl groups is 1. The van der Waals surface area contributed by atoms with E-state index in [1.807, 2.05) is 13.8 Å². The molecule has 2 heterocycles. The Labute approximate surface area is 95.6 Å². The smallest absolute Gasteiger partial charge is 0.186 e.